The third-order valence-electron chi connectivity index (χ3n) is 4.39. The van der Waals surface area contributed by atoms with Crippen LogP contribution in [-0.2, 0) is 11.2 Å². The topological polar surface area (TPSA) is 126 Å². The van der Waals surface area contributed by atoms with Crippen molar-refractivity contribution in [2.45, 2.75) is 27.2 Å². The maximum absolute atomic E-state index is 12.5. The Labute approximate surface area is 161 Å². The third kappa shape index (κ3) is 3.66. The van der Waals surface area contributed by atoms with E-state index in [4.69, 9.17) is 4.74 Å². The van der Waals surface area contributed by atoms with Gasteiger partial charge in [-0.3, -0.25) is 4.79 Å². The van der Waals surface area contributed by atoms with Gasteiger partial charge in [0, 0.05) is 30.5 Å². The average molecular weight is 385 g/mol. The van der Waals surface area contributed by atoms with E-state index >= 15 is 0 Å². The number of hydrogen-bond donors (Lipinski definition) is 3. The van der Waals surface area contributed by atoms with Gasteiger partial charge in [0.2, 0.25) is 0 Å². The van der Waals surface area contributed by atoms with Crippen LogP contribution < -0.4 is 10.6 Å². The fourth-order valence-corrected chi connectivity index (χ4v) is 3.04. The lowest BCUT2D eigenvalue weighted by molar-refractivity contribution is 0.0599. The Morgan fingerprint density at radius 3 is 2.79 bits per heavy atom. The largest absolute Gasteiger partial charge is 0.465 e. The van der Waals surface area contributed by atoms with Crippen LogP contribution in [0.25, 0.3) is 5.78 Å². The molecule has 1 amide bonds. The summed E-state index contributed by atoms with van der Waals surface area (Å²) < 4.78 is 6.42. The second kappa shape index (κ2) is 8.07. The molecule has 0 fully saturated rings. The van der Waals surface area contributed by atoms with E-state index < -0.39 is 5.97 Å². The van der Waals surface area contributed by atoms with E-state index in [1.165, 1.54) is 13.4 Å². The fourth-order valence-electron chi connectivity index (χ4n) is 3.04. The number of nitrogens with one attached hydrogen (secondary N) is 3. The second-order valence-electron chi connectivity index (χ2n) is 6.26. The Hall–Kier alpha value is -3.43. The number of rotatable bonds is 7. The van der Waals surface area contributed by atoms with Crippen molar-refractivity contribution in [3.05, 3.63) is 40.6 Å². The van der Waals surface area contributed by atoms with E-state index in [9.17, 15) is 9.59 Å². The van der Waals surface area contributed by atoms with Crippen molar-refractivity contribution in [3.63, 3.8) is 0 Å². The highest BCUT2D eigenvalue weighted by Crippen LogP contribution is 2.20. The molecule has 0 bridgehead atoms. The highest BCUT2D eigenvalue weighted by Gasteiger charge is 2.23. The first kappa shape index (κ1) is 19.3. The molecule has 3 heterocycles. The van der Waals surface area contributed by atoms with Gasteiger partial charge >= 0.3 is 5.97 Å². The first-order valence-corrected chi connectivity index (χ1v) is 8.95. The summed E-state index contributed by atoms with van der Waals surface area (Å²) in [7, 11) is 1.33. The molecule has 0 aliphatic heterocycles. The van der Waals surface area contributed by atoms with Crippen molar-refractivity contribution < 1.29 is 14.3 Å². The van der Waals surface area contributed by atoms with Crippen molar-refractivity contribution >= 4 is 23.5 Å². The number of H-pyrrole nitrogens is 1. The van der Waals surface area contributed by atoms with Crippen molar-refractivity contribution in [1.82, 2.24) is 29.9 Å². The summed E-state index contributed by atoms with van der Waals surface area (Å²) in [4.78, 5) is 35.9. The van der Waals surface area contributed by atoms with Crippen molar-refractivity contribution in [2.24, 2.45) is 0 Å². The molecule has 0 unspecified atom stereocenters. The molecular formula is C18H23N7O3. The van der Waals surface area contributed by atoms with Crippen molar-refractivity contribution in [3.8, 4) is 0 Å². The molecule has 3 aromatic heterocycles. The Morgan fingerprint density at radius 1 is 1.29 bits per heavy atom. The second-order valence-corrected chi connectivity index (χ2v) is 6.26. The number of hydrogen-bond acceptors (Lipinski definition) is 7. The minimum atomic E-state index is -0.448. The number of esters is 1. The molecule has 3 N–H and O–H groups in total. The normalized spacial score (nSPS) is 10.9. The molecule has 0 radical (unpaired) electrons. The zero-order valence-electron chi connectivity index (χ0n) is 16.3. The number of aromatic nitrogens is 5. The van der Waals surface area contributed by atoms with Crippen LogP contribution in [0.4, 0.5) is 5.82 Å². The lowest BCUT2D eigenvalue weighted by Crippen LogP contribution is -2.30. The summed E-state index contributed by atoms with van der Waals surface area (Å²) in [6, 6.07) is 1.86. The number of nitrogens with zero attached hydrogens (tertiary/aromatic N) is 4. The molecule has 0 atom stereocenters. The molecule has 0 saturated carbocycles. The molecule has 148 valence electrons. The minimum absolute atomic E-state index is 0.277. The number of anilines is 1. The highest BCUT2D eigenvalue weighted by molar-refractivity contribution is 6.00. The first-order chi connectivity index (χ1) is 13.5. The van der Waals surface area contributed by atoms with E-state index in [1.807, 2.05) is 19.9 Å². The van der Waals surface area contributed by atoms with Gasteiger partial charge in [-0.2, -0.15) is 14.6 Å². The average Bonchev–Trinajstić information content (AvgIpc) is 3.28. The minimum Gasteiger partial charge on any atom is -0.465 e. The van der Waals surface area contributed by atoms with E-state index in [-0.39, 0.29) is 5.91 Å². The molecule has 10 nitrogen and oxygen atoms in total. The summed E-state index contributed by atoms with van der Waals surface area (Å²) in [6.07, 6.45) is 2.03. The van der Waals surface area contributed by atoms with Crippen molar-refractivity contribution in [1.29, 1.82) is 0 Å². The highest BCUT2D eigenvalue weighted by atomic mass is 16.5. The Bertz CT molecular complexity index is 1020. The van der Waals surface area contributed by atoms with Gasteiger partial charge in [0.15, 0.2) is 0 Å². The van der Waals surface area contributed by atoms with Gasteiger partial charge in [0.1, 0.15) is 17.8 Å². The van der Waals surface area contributed by atoms with Gasteiger partial charge in [-0.15, -0.1) is 0 Å². The van der Waals surface area contributed by atoms with Crippen LogP contribution in [0.5, 0.6) is 0 Å². The lowest BCUT2D eigenvalue weighted by atomic mass is 10.1. The summed E-state index contributed by atoms with van der Waals surface area (Å²) >= 11 is 0. The van der Waals surface area contributed by atoms with Crippen LogP contribution in [0.15, 0.2) is 12.4 Å². The predicted molar refractivity (Wildman–Crippen MR) is 103 cm³/mol. The standard InChI is InChI=1S/C18H23N7O3/c1-5-12-14(17(27)28-4)11(3)15(24-12)16(26)20-7-6-19-13-8-10(2)23-18-21-9-22-25(13)18/h8-9,19,24H,5-7H2,1-4H3,(H,20,26). The lowest BCUT2D eigenvalue weighted by Gasteiger charge is -2.09. The van der Waals surface area contributed by atoms with Crippen LogP contribution in [0, 0.1) is 13.8 Å². The number of ether oxygens (including phenoxy) is 1. The summed E-state index contributed by atoms with van der Waals surface area (Å²) in [5, 5.41) is 10.2. The van der Waals surface area contributed by atoms with Gasteiger partial charge in [0.05, 0.1) is 12.7 Å². The number of aromatic amines is 1. The Balaban J connectivity index is 1.64. The summed E-state index contributed by atoms with van der Waals surface area (Å²) in [6.45, 7) is 6.37. The van der Waals surface area contributed by atoms with Gasteiger partial charge < -0.3 is 20.4 Å². The molecule has 0 aliphatic carbocycles. The zero-order valence-corrected chi connectivity index (χ0v) is 16.3. The van der Waals surface area contributed by atoms with E-state index in [2.05, 4.69) is 30.7 Å². The molecule has 10 heteroatoms. The maximum atomic E-state index is 12.5. The number of amides is 1. The number of fused-ring (bicyclic) bond motifs is 1. The van der Waals surface area contributed by atoms with Crippen LogP contribution in [-0.4, -0.2) is 56.6 Å². The van der Waals surface area contributed by atoms with Gasteiger partial charge in [-0.05, 0) is 25.8 Å². The Morgan fingerprint density at radius 2 is 2.07 bits per heavy atom. The first-order valence-electron chi connectivity index (χ1n) is 8.95. The zero-order chi connectivity index (χ0) is 20.3. The molecular weight excluding hydrogens is 362 g/mol. The number of methoxy groups -OCH3 is 1. The van der Waals surface area contributed by atoms with Crippen LogP contribution >= 0.6 is 0 Å². The number of aryl methyl sites for hydroxylation is 2. The smallest absolute Gasteiger partial charge is 0.339 e. The third-order valence-corrected chi connectivity index (χ3v) is 4.39. The molecule has 3 rings (SSSR count). The SMILES string of the molecule is CCc1[nH]c(C(=O)NCCNc2cc(C)nc3ncnn23)c(C)c1C(=O)OC. The van der Waals surface area contributed by atoms with E-state index in [1.54, 1.807) is 11.4 Å². The van der Waals surface area contributed by atoms with Crippen LogP contribution in [0.3, 0.4) is 0 Å². The number of carbonyl (C=O) groups excluding carboxylic acids is 2. The van der Waals surface area contributed by atoms with E-state index in [0.29, 0.717) is 47.8 Å². The molecule has 0 saturated heterocycles. The van der Waals surface area contributed by atoms with Crippen LogP contribution in [0.2, 0.25) is 0 Å². The fraction of sp³-hybridized carbons (Fsp3) is 0.389. The Kier molecular flexibility index (Phi) is 5.57. The monoisotopic (exact) mass is 385 g/mol. The number of carbonyl (C=O) groups is 2. The van der Waals surface area contributed by atoms with Crippen LogP contribution in [0.1, 0.15) is 44.7 Å². The summed E-state index contributed by atoms with van der Waals surface area (Å²) in [5.74, 6) is 0.528. The maximum Gasteiger partial charge on any atom is 0.339 e. The molecule has 3 aromatic rings. The van der Waals surface area contributed by atoms with E-state index in [0.717, 1.165) is 11.5 Å². The molecule has 28 heavy (non-hydrogen) atoms. The van der Waals surface area contributed by atoms with Crippen molar-refractivity contribution in [2.75, 3.05) is 25.5 Å². The summed E-state index contributed by atoms with van der Waals surface area (Å²) in [5.41, 5.74) is 2.89. The molecule has 0 aliphatic rings. The molecule has 0 spiro atoms. The predicted octanol–water partition coefficient (Wildman–Crippen LogP) is 1.26. The van der Waals surface area contributed by atoms with Gasteiger partial charge in [0.25, 0.3) is 11.7 Å². The quantitative estimate of drug-likeness (QED) is 0.413. The molecule has 0 aromatic carbocycles. The van der Waals surface area contributed by atoms with Gasteiger partial charge in [-0.1, -0.05) is 6.92 Å². The van der Waals surface area contributed by atoms with Gasteiger partial charge in [-0.25, -0.2) is 9.78 Å².